The Hall–Kier alpha value is -2.82. The largest absolute Gasteiger partial charge is 0.337 e. The molecule has 1 aliphatic rings. The van der Waals surface area contributed by atoms with Gasteiger partial charge in [0.1, 0.15) is 5.69 Å². The van der Waals surface area contributed by atoms with Crippen molar-refractivity contribution in [2.75, 3.05) is 13.1 Å². The van der Waals surface area contributed by atoms with E-state index in [-0.39, 0.29) is 5.91 Å². The van der Waals surface area contributed by atoms with Crippen molar-refractivity contribution >= 4 is 16.8 Å². The molecule has 1 saturated heterocycles. The first-order chi connectivity index (χ1) is 13.2. The summed E-state index contributed by atoms with van der Waals surface area (Å²) >= 11 is 0. The average Bonchev–Trinajstić information content (AvgIpc) is 2.93. The quantitative estimate of drug-likeness (QED) is 0.712. The molecule has 27 heavy (non-hydrogen) atoms. The van der Waals surface area contributed by atoms with Crippen LogP contribution in [0.15, 0.2) is 48.9 Å². The minimum Gasteiger partial charge on any atom is -0.337 e. The van der Waals surface area contributed by atoms with Crippen molar-refractivity contribution in [1.82, 2.24) is 19.9 Å². The Balaban J connectivity index is 1.40. The number of rotatable bonds is 3. The molecule has 0 saturated carbocycles. The van der Waals surface area contributed by atoms with Gasteiger partial charge in [-0.15, -0.1) is 0 Å². The highest BCUT2D eigenvalue weighted by atomic mass is 16.2. The van der Waals surface area contributed by atoms with E-state index >= 15 is 0 Å². The first-order valence-corrected chi connectivity index (χ1v) is 9.60. The molecule has 0 spiro atoms. The van der Waals surface area contributed by atoms with Crippen molar-refractivity contribution < 1.29 is 4.79 Å². The molecule has 0 N–H and O–H groups in total. The highest BCUT2D eigenvalue weighted by molar-refractivity contribution is 5.92. The molecule has 0 aliphatic carbocycles. The lowest BCUT2D eigenvalue weighted by molar-refractivity contribution is 0.0753. The SMILES string of the molecule is Cc1cnc(C(=O)N2CCC[C@@H](Cc3ccc4ncccc4c3)CC2)cn1. The number of carbonyl (C=O) groups is 1. The van der Waals surface area contributed by atoms with Gasteiger partial charge in [-0.3, -0.25) is 14.8 Å². The number of carbonyl (C=O) groups excluding carboxylic acids is 1. The molecule has 138 valence electrons. The Morgan fingerprint density at radius 1 is 1.11 bits per heavy atom. The Morgan fingerprint density at radius 3 is 2.89 bits per heavy atom. The molecular formula is C22H24N4O. The molecule has 0 radical (unpaired) electrons. The van der Waals surface area contributed by atoms with Gasteiger partial charge < -0.3 is 4.90 Å². The lowest BCUT2D eigenvalue weighted by atomic mass is 9.92. The number of amides is 1. The van der Waals surface area contributed by atoms with Crippen LogP contribution < -0.4 is 0 Å². The summed E-state index contributed by atoms with van der Waals surface area (Å²) in [6.45, 7) is 3.46. The van der Waals surface area contributed by atoms with Gasteiger partial charge in [0.05, 0.1) is 17.4 Å². The summed E-state index contributed by atoms with van der Waals surface area (Å²) in [6, 6.07) is 10.6. The fourth-order valence-electron chi connectivity index (χ4n) is 3.82. The number of aromatic nitrogens is 3. The molecule has 4 rings (SSSR count). The van der Waals surface area contributed by atoms with Crippen molar-refractivity contribution in [2.24, 2.45) is 5.92 Å². The molecule has 1 fully saturated rings. The second kappa shape index (κ2) is 7.82. The van der Waals surface area contributed by atoms with Crippen LogP contribution in [0.1, 0.15) is 41.0 Å². The zero-order valence-electron chi connectivity index (χ0n) is 15.6. The van der Waals surface area contributed by atoms with Gasteiger partial charge in [-0.05, 0) is 62.3 Å². The summed E-state index contributed by atoms with van der Waals surface area (Å²) in [5.74, 6) is 0.598. The predicted octanol–water partition coefficient (Wildman–Crippen LogP) is 3.82. The van der Waals surface area contributed by atoms with E-state index in [1.165, 1.54) is 10.9 Å². The fourth-order valence-corrected chi connectivity index (χ4v) is 3.82. The average molecular weight is 360 g/mol. The molecule has 3 aromatic rings. The van der Waals surface area contributed by atoms with E-state index in [1.807, 2.05) is 24.1 Å². The van der Waals surface area contributed by atoms with Crippen molar-refractivity contribution in [2.45, 2.75) is 32.6 Å². The monoisotopic (exact) mass is 360 g/mol. The number of fused-ring (bicyclic) bond motifs is 1. The molecule has 0 bridgehead atoms. The Kier molecular flexibility index (Phi) is 5.10. The summed E-state index contributed by atoms with van der Waals surface area (Å²) in [4.78, 5) is 27.5. The second-order valence-corrected chi connectivity index (χ2v) is 7.37. The van der Waals surface area contributed by atoms with E-state index in [2.05, 4.69) is 39.2 Å². The summed E-state index contributed by atoms with van der Waals surface area (Å²) in [6.07, 6.45) is 9.33. The van der Waals surface area contributed by atoms with Gasteiger partial charge in [0.2, 0.25) is 0 Å². The van der Waals surface area contributed by atoms with Crippen LogP contribution in [0.25, 0.3) is 10.9 Å². The highest BCUT2D eigenvalue weighted by Gasteiger charge is 2.22. The van der Waals surface area contributed by atoms with E-state index in [0.29, 0.717) is 11.6 Å². The maximum Gasteiger partial charge on any atom is 0.274 e. The number of hydrogen-bond acceptors (Lipinski definition) is 4. The van der Waals surface area contributed by atoms with E-state index in [4.69, 9.17) is 0 Å². The van der Waals surface area contributed by atoms with Gasteiger partial charge in [-0.2, -0.15) is 0 Å². The van der Waals surface area contributed by atoms with Crippen molar-refractivity contribution in [3.05, 3.63) is 65.9 Å². The van der Waals surface area contributed by atoms with Crippen molar-refractivity contribution in [1.29, 1.82) is 0 Å². The van der Waals surface area contributed by atoms with Crippen LogP contribution in [-0.2, 0) is 6.42 Å². The highest BCUT2D eigenvalue weighted by Crippen LogP contribution is 2.24. The maximum absolute atomic E-state index is 12.7. The van der Waals surface area contributed by atoms with Crippen molar-refractivity contribution in [3.8, 4) is 0 Å². The van der Waals surface area contributed by atoms with Gasteiger partial charge in [0, 0.05) is 30.9 Å². The Bertz CT molecular complexity index is 938. The molecule has 1 atom stereocenters. The molecule has 2 aromatic heterocycles. The molecular weight excluding hydrogens is 336 g/mol. The maximum atomic E-state index is 12.7. The standard InChI is InChI=1S/C22H24N4O/c1-16-14-25-21(15-24-16)22(27)26-10-3-4-17(8-11-26)12-18-6-7-20-19(13-18)5-2-9-23-20/h2,5-7,9,13-15,17H,3-4,8,10-12H2,1H3/t17-/m1/s1. The molecule has 5 heteroatoms. The first kappa shape index (κ1) is 17.6. The number of likely N-dealkylation sites (tertiary alicyclic amines) is 1. The van der Waals surface area contributed by atoms with Gasteiger partial charge in [-0.1, -0.05) is 12.1 Å². The lowest BCUT2D eigenvalue weighted by Crippen LogP contribution is -2.32. The molecule has 1 aliphatic heterocycles. The summed E-state index contributed by atoms with van der Waals surface area (Å²) < 4.78 is 0. The van der Waals surface area contributed by atoms with Crippen molar-refractivity contribution in [3.63, 3.8) is 0 Å². The normalized spacial score (nSPS) is 17.7. The van der Waals surface area contributed by atoms with Gasteiger partial charge in [-0.25, -0.2) is 4.98 Å². The third-order valence-electron chi connectivity index (χ3n) is 5.33. The van der Waals surface area contributed by atoms with E-state index in [1.54, 1.807) is 12.4 Å². The van der Waals surface area contributed by atoms with Crippen LogP contribution in [0.5, 0.6) is 0 Å². The molecule has 5 nitrogen and oxygen atoms in total. The number of benzene rings is 1. The molecule has 1 amide bonds. The van der Waals surface area contributed by atoms with E-state index < -0.39 is 0 Å². The second-order valence-electron chi connectivity index (χ2n) is 7.37. The van der Waals surface area contributed by atoms with Crippen LogP contribution in [-0.4, -0.2) is 38.8 Å². The third kappa shape index (κ3) is 4.13. The van der Waals surface area contributed by atoms with Crippen LogP contribution in [0.2, 0.25) is 0 Å². The van der Waals surface area contributed by atoms with E-state index in [0.717, 1.165) is 50.0 Å². The Labute approximate surface area is 159 Å². The predicted molar refractivity (Wildman–Crippen MR) is 105 cm³/mol. The number of nitrogens with zero attached hydrogens (tertiary/aromatic N) is 4. The van der Waals surface area contributed by atoms with Gasteiger partial charge >= 0.3 is 0 Å². The lowest BCUT2D eigenvalue weighted by Gasteiger charge is -2.20. The van der Waals surface area contributed by atoms with Crippen LogP contribution >= 0.6 is 0 Å². The smallest absolute Gasteiger partial charge is 0.274 e. The fraction of sp³-hybridized carbons (Fsp3) is 0.364. The van der Waals surface area contributed by atoms with E-state index in [9.17, 15) is 4.79 Å². The van der Waals surface area contributed by atoms with Gasteiger partial charge in [0.25, 0.3) is 5.91 Å². The molecule has 1 aromatic carbocycles. The van der Waals surface area contributed by atoms with Crippen LogP contribution in [0, 0.1) is 12.8 Å². The van der Waals surface area contributed by atoms with Crippen LogP contribution in [0.3, 0.4) is 0 Å². The summed E-state index contributed by atoms with van der Waals surface area (Å²) in [5, 5.41) is 1.19. The molecule has 3 heterocycles. The first-order valence-electron chi connectivity index (χ1n) is 9.60. The van der Waals surface area contributed by atoms with Gasteiger partial charge in [0.15, 0.2) is 0 Å². The minimum atomic E-state index is -0.0000653. The number of aryl methyl sites for hydroxylation is 1. The zero-order valence-corrected chi connectivity index (χ0v) is 15.6. The Morgan fingerprint density at radius 2 is 2.04 bits per heavy atom. The topological polar surface area (TPSA) is 59.0 Å². The third-order valence-corrected chi connectivity index (χ3v) is 5.33. The minimum absolute atomic E-state index is 0.0000653. The number of pyridine rings is 1. The summed E-state index contributed by atoms with van der Waals surface area (Å²) in [7, 11) is 0. The number of hydrogen-bond donors (Lipinski definition) is 0. The molecule has 0 unspecified atom stereocenters. The van der Waals surface area contributed by atoms with Crippen LogP contribution in [0.4, 0.5) is 0 Å². The summed E-state index contributed by atoms with van der Waals surface area (Å²) in [5.41, 5.74) is 3.66. The zero-order chi connectivity index (χ0) is 18.6.